The van der Waals surface area contributed by atoms with Gasteiger partial charge in [0.05, 0.1) is 12.3 Å². The first-order valence-electron chi connectivity index (χ1n) is 7.53. The van der Waals surface area contributed by atoms with E-state index in [-0.39, 0.29) is 18.4 Å². The molecule has 2 rings (SSSR count). The van der Waals surface area contributed by atoms with E-state index in [1.165, 1.54) is 0 Å². The van der Waals surface area contributed by atoms with Crippen molar-refractivity contribution in [2.75, 3.05) is 26.2 Å². The maximum absolute atomic E-state index is 10.5. The highest BCUT2D eigenvalue weighted by atomic mass is 16.3. The summed E-state index contributed by atoms with van der Waals surface area (Å²) in [5, 5.41) is 23.4. The van der Waals surface area contributed by atoms with Crippen LogP contribution >= 0.6 is 0 Å². The second kappa shape index (κ2) is 7.54. The normalized spacial score (nSPS) is 17.6. The maximum atomic E-state index is 10.5. The van der Waals surface area contributed by atoms with Gasteiger partial charge < -0.3 is 15.5 Å². The number of aryl methyl sites for hydroxylation is 1. The molecular formula is C16H25N3O2. The average Bonchev–Trinajstić information content (AvgIpc) is 2.52. The van der Waals surface area contributed by atoms with Crippen LogP contribution in [0.2, 0.25) is 0 Å². The van der Waals surface area contributed by atoms with Gasteiger partial charge in [-0.25, -0.2) is 0 Å². The summed E-state index contributed by atoms with van der Waals surface area (Å²) in [5.41, 5.74) is 2.15. The molecule has 0 saturated carbocycles. The molecule has 1 saturated heterocycles. The second-order valence-electron chi connectivity index (χ2n) is 5.46. The van der Waals surface area contributed by atoms with Gasteiger partial charge in [-0.1, -0.05) is 6.08 Å². The van der Waals surface area contributed by atoms with Crippen molar-refractivity contribution in [2.24, 2.45) is 0 Å². The first-order chi connectivity index (χ1) is 10.2. The predicted molar refractivity (Wildman–Crippen MR) is 83.2 cm³/mol. The summed E-state index contributed by atoms with van der Waals surface area (Å²) in [5.74, 6) is 0.217. The van der Waals surface area contributed by atoms with Crippen LogP contribution in [0.3, 0.4) is 0 Å². The molecule has 0 unspecified atom stereocenters. The Kier molecular flexibility index (Phi) is 5.73. The molecule has 21 heavy (non-hydrogen) atoms. The van der Waals surface area contributed by atoms with Crippen LogP contribution in [0.4, 0.5) is 0 Å². The van der Waals surface area contributed by atoms with Crippen molar-refractivity contribution in [3.8, 4) is 5.75 Å². The number of nitrogens with one attached hydrogen (secondary N) is 1. The number of aliphatic hydroxyl groups is 1. The number of piperazine rings is 1. The summed E-state index contributed by atoms with van der Waals surface area (Å²) in [6.07, 6.45) is 5.33. The number of aliphatic hydroxyl groups excluding tert-OH is 1. The van der Waals surface area contributed by atoms with E-state index in [1.807, 2.05) is 6.08 Å². The van der Waals surface area contributed by atoms with Crippen LogP contribution < -0.4 is 5.32 Å². The Balaban J connectivity index is 2.39. The topological polar surface area (TPSA) is 68.6 Å². The average molecular weight is 291 g/mol. The summed E-state index contributed by atoms with van der Waals surface area (Å²) >= 11 is 0. The number of rotatable bonds is 6. The highest BCUT2D eigenvalue weighted by molar-refractivity contribution is 5.43. The molecule has 0 radical (unpaired) electrons. The molecule has 0 amide bonds. The third kappa shape index (κ3) is 3.61. The van der Waals surface area contributed by atoms with Gasteiger partial charge in [0.1, 0.15) is 5.75 Å². The number of aromatic nitrogens is 1. The van der Waals surface area contributed by atoms with E-state index in [0.717, 1.165) is 44.6 Å². The largest absolute Gasteiger partial charge is 0.506 e. The molecule has 1 aromatic heterocycles. The van der Waals surface area contributed by atoms with Gasteiger partial charge in [0, 0.05) is 49.5 Å². The fourth-order valence-electron chi connectivity index (χ4n) is 2.93. The molecule has 5 heteroatoms. The summed E-state index contributed by atoms with van der Waals surface area (Å²) in [4.78, 5) is 6.53. The van der Waals surface area contributed by atoms with Gasteiger partial charge in [0.2, 0.25) is 0 Å². The predicted octanol–water partition coefficient (Wildman–Crippen LogP) is 1.50. The van der Waals surface area contributed by atoms with Gasteiger partial charge in [0.15, 0.2) is 0 Å². The lowest BCUT2D eigenvalue weighted by Gasteiger charge is -2.36. The molecule has 116 valence electrons. The minimum Gasteiger partial charge on any atom is -0.506 e. The third-order valence-corrected chi connectivity index (χ3v) is 4.10. The first kappa shape index (κ1) is 15.9. The quantitative estimate of drug-likeness (QED) is 0.693. The van der Waals surface area contributed by atoms with E-state index < -0.39 is 0 Å². The van der Waals surface area contributed by atoms with E-state index in [4.69, 9.17) is 0 Å². The van der Waals surface area contributed by atoms with Crippen LogP contribution in [-0.2, 0) is 6.61 Å². The summed E-state index contributed by atoms with van der Waals surface area (Å²) < 4.78 is 0. The molecule has 3 N–H and O–H groups in total. The molecule has 1 aliphatic rings. The molecule has 0 bridgehead atoms. The lowest BCUT2D eigenvalue weighted by Crippen LogP contribution is -2.45. The number of nitrogens with zero attached hydrogens (tertiary/aromatic N) is 2. The SMILES string of the molecule is C=CCC[C@H](c1c(CO)cnc(C)c1O)N1CCNCC1. The zero-order valence-electron chi connectivity index (χ0n) is 12.7. The van der Waals surface area contributed by atoms with Gasteiger partial charge in [-0.15, -0.1) is 6.58 Å². The molecular weight excluding hydrogens is 266 g/mol. The first-order valence-corrected chi connectivity index (χ1v) is 7.53. The minimum absolute atomic E-state index is 0.0916. The smallest absolute Gasteiger partial charge is 0.141 e. The summed E-state index contributed by atoms with van der Waals surface area (Å²) in [6, 6.07) is 0.0916. The van der Waals surface area contributed by atoms with E-state index >= 15 is 0 Å². The van der Waals surface area contributed by atoms with Crippen molar-refractivity contribution in [1.29, 1.82) is 0 Å². The zero-order valence-corrected chi connectivity index (χ0v) is 12.7. The van der Waals surface area contributed by atoms with Crippen LogP contribution in [0, 0.1) is 6.92 Å². The maximum Gasteiger partial charge on any atom is 0.141 e. The van der Waals surface area contributed by atoms with Crippen LogP contribution in [-0.4, -0.2) is 46.3 Å². The van der Waals surface area contributed by atoms with Gasteiger partial charge in [-0.05, 0) is 19.8 Å². The Labute approximate surface area is 126 Å². The fourth-order valence-corrected chi connectivity index (χ4v) is 2.93. The van der Waals surface area contributed by atoms with E-state index in [1.54, 1.807) is 13.1 Å². The van der Waals surface area contributed by atoms with E-state index in [0.29, 0.717) is 11.3 Å². The Morgan fingerprint density at radius 1 is 1.48 bits per heavy atom. The van der Waals surface area contributed by atoms with Gasteiger partial charge in [0.25, 0.3) is 0 Å². The highest BCUT2D eigenvalue weighted by Gasteiger charge is 2.27. The Morgan fingerprint density at radius 3 is 2.81 bits per heavy atom. The lowest BCUT2D eigenvalue weighted by molar-refractivity contribution is 0.160. The fraction of sp³-hybridized carbons (Fsp3) is 0.562. The third-order valence-electron chi connectivity index (χ3n) is 4.10. The van der Waals surface area contributed by atoms with Crippen molar-refractivity contribution in [3.05, 3.63) is 35.7 Å². The van der Waals surface area contributed by atoms with Crippen LogP contribution in [0.1, 0.15) is 35.7 Å². The van der Waals surface area contributed by atoms with Gasteiger partial charge >= 0.3 is 0 Å². The molecule has 1 atom stereocenters. The van der Waals surface area contributed by atoms with Crippen LogP contribution in [0.25, 0.3) is 0 Å². The lowest BCUT2D eigenvalue weighted by atomic mass is 9.94. The molecule has 1 aliphatic heterocycles. The number of pyridine rings is 1. The number of hydrogen-bond donors (Lipinski definition) is 3. The van der Waals surface area contributed by atoms with Crippen molar-refractivity contribution < 1.29 is 10.2 Å². The molecule has 5 nitrogen and oxygen atoms in total. The Hall–Kier alpha value is -1.43. The molecule has 1 fully saturated rings. The van der Waals surface area contributed by atoms with Crippen LogP contribution in [0.5, 0.6) is 5.75 Å². The molecule has 0 aromatic carbocycles. The van der Waals surface area contributed by atoms with E-state index in [2.05, 4.69) is 21.8 Å². The monoisotopic (exact) mass is 291 g/mol. The second-order valence-corrected chi connectivity index (χ2v) is 5.46. The van der Waals surface area contributed by atoms with Crippen molar-refractivity contribution in [1.82, 2.24) is 15.2 Å². The highest BCUT2D eigenvalue weighted by Crippen LogP contribution is 2.36. The van der Waals surface area contributed by atoms with Crippen molar-refractivity contribution >= 4 is 0 Å². The number of aromatic hydroxyl groups is 1. The Bertz CT molecular complexity index is 485. The van der Waals surface area contributed by atoms with Gasteiger partial charge in [-0.3, -0.25) is 9.88 Å². The number of allylic oxidation sites excluding steroid dienone is 1. The summed E-state index contributed by atoms with van der Waals surface area (Å²) in [7, 11) is 0. The minimum atomic E-state index is -0.104. The Morgan fingerprint density at radius 2 is 2.19 bits per heavy atom. The standard InChI is InChI=1S/C16H25N3O2/c1-3-4-5-14(19-8-6-17-7-9-19)15-13(11-20)10-18-12(2)16(15)21/h3,10,14,17,20-21H,1,4-9,11H2,2H3/t14-/m1/s1. The van der Waals surface area contributed by atoms with Crippen molar-refractivity contribution in [3.63, 3.8) is 0 Å². The van der Waals surface area contributed by atoms with Crippen LogP contribution in [0.15, 0.2) is 18.9 Å². The summed E-state index contributed by atoms with van der Waals surface area (Å²) in [6.45, 7) is 9.26. The molecule has 2 heterocycles. The van der Waals surface area contributed by atoms with Crippen molar-refractivity contribution in [2.45, 2.75) is 32.4 Å². The molecule has 0 aliphatic carbocycles. The number of hydrogen-bond acceptors (Lipinski definition) is 5. The molecule has 1 aromatic rings. The zero-order chi connectivity index (χ0) is 15.2. The van der Waals surface area contributed by atoms with E-state index in [9.17, 15) is 10.2 Å². The molecule has 0 spiro atoms. The van der Waals surface area contributed by atoms with Gasteiger partial charge in [-0.2, -0.15) is 0 Å².